The Hall–Kier alpha value is -3.86. The van der Waals surface area contributed by atoms with Crippen LogP contribution >= 0.6 is 0 Å². The fourth-order valence-electron chi connectivity index (χ4n) is 4.20. The SMILES string of the molecule is O=C(CN1C(=O)c2ccccc2[C@@H]1c1c[nH]c2ccccc12)NCc1ccccc1. The van der Waals surface area contributed by atoms with Gasteiger partial charge in [0, 0.05) is 34.8 Å². The molecule has 1 aliphatic rings. The van der Waals surface area contributed by atoms with Gasteiger partial charge in [-0.25, -0.2) is 0 Å². The van der Waals surface area contributed by atoms with E-state index in [9.17, 15) is 9.59 Å². The van der Waals surface area contributed by atoms with Gasteiger partial charge in [-0.2, -0.15) is 0 Å². The molecule has 1 aliphatic heterocycles. The number of carbonyl (C=O) groups excluding carboxylic acids is 2. The molecule has 5 rings (SSSR count). The molecule has 1 aromatic heterocycles. The molecule has 2 amide bonds. The predicted octanol–water partition coefficient (Wildman–Crippen LogP) is 4.03. The van der Waals surface area contributed by atoms with Crippen LogP contribution in [0.15, 0.2) is 85.1 Å². The summed E-state index contributed by atoms with van der Waals surface area (Å²) in [5.74, 6) is -0.291. The van der Waals surface area contributed by atoms with Crippen molar-refractivity contribution in [3.8, 4) is 0 Å². The Morgan fingerprint density at radius 1 is 0.900 bits per heavy atom. The number of nitrogens with one attached hydrogen (secondary N) is 2. The summed E-state index contributed by atoms with van der Waals surface area (Å²) in [6.45, 7) is 0.441. The van der Waals surface area contributed by atoms with Gasteiger partial charge in [0.1, 0.15) is 6.54 Å². The first-order valence-electron chi connectivity index (χ1n) is 9.99. The summed E-state index contributed by atoms with van der Waals surface area (Å²) in [5.41, 5.74) is 4.62. The van der Waals surface area contributed by atoms with Crippen LogP contribution in [0.5, 0.6) is 0 Å². The van der Waals surface area contributed by atoms with E-state index in [0.29, 0.717) is 12.1 Å². The molecule has 3 aromatic carbocycles. The highest BCUT2D eigenvalue weighted by Crippen LogP contribution is 2.40. The van der Waals surface area contributed by atoms with Crippen LogP contribution in [0.1, 0.15) is 33.1 Å². The fourth-order valence-corrected chi connectivity index (χ4v) is 4.20. The van der Waals surface area contributed by atoms with Gasteiger partial charge in [0.25, 0.3) is 5.91 Å². The van der Waals surface area contributed by atoms with Crippen LogP contribution in [0, 0.1) is 0 Å². The molecule has 4 aromatic rings. The molecule has 30 heavy (non-hydrogen) atoms. The predicted molar refractivity (Wildman–Crippen MR) is 116 cm³/mol. The Morgan fingerprint density at radius 3 is 2.50 bits per heavy atom. The molecule has 0 spiro atoms. The van der Waals surface area contributed by atoms with Gasteiger partial charge in [0.05, 0.1) is 6.04 Å². The quantitative estimate of drug-likeness (QED) is 0.536. The molecule has 2 N–H and O–H groups in total. The zero-order valence-corrected chi connectivity index (χ0v) is 16.3. The second kappa shape index (κ2) is 7.52. The van der Waals surface area contributed by atoms with Crippen LogP contribution in [0.3, 0.4) is 0 Å². The van der Waals surface area contributed by atoms with E-state index in [1.807, 2.05) is 85.1 Å². The van der Waals surface area contributed by atoms with E-state index in [-0.39, 0.29) is 24.4 Å². The maximum atomic E-state index is 13.2. The Bertz CT molecular complexity index is 1230. The Labute approximate surface area is 174 Å². The third kappa shape index (κ3) is 3.14. The smallest absolute Gasteiger partial charge is 0.255 e. The Morgan fingerprint density at radius 2 is 1.63 bits per heavy atom. The van der Waals surface area contributed by atoms with Gasteiger partial charge in [0.15, 0.2) is 0 Å². The van der Waals surface area contributed by atoms with Crippen LogP contribution in [-0.2, 0) is 11.3 Å². The molecule has 0 saturated heterocycles. The average molecular weight is 395 g/mol. The molecule has 0 saturated carbocycles. The largest absolute Gasteiger partial charge is 0.361 e. The molecule has 5 nitrogen and oxygen atoms in total. The van der Waals surface area contributed by atoms with Crippen LogP contribution < -0.4 is 5.32 Å². The van der Waals surface area contributed by atoms with Crippen LogP contribution in [0.4, 0.5) is 0 Å². The van der Waals surface area contributed by atoms with Gasteiger partial charge < -0.3 is 15.2 Å². The van der Waals surface area contributed by atoms with Gasteiger partial charge in [-0.3, -0.25) is 9.59 Å². The maximum Gasteiger partial charge on any atom is 0.255 e. The minimum absolute atomic E-state index is 0.00448. The second-order valence-corrected chi connectivity index (χ2v) is 7.47. The van der Waals surface area contributed by atoms with Crippen molar-refractivity contribution >= 4 is 22.7 Å². The van der Waals surface area contributed by atoms with E-state index in [0.717, 1.165) is 27.6 Å². The number of H-pyrrole nitrogens is 1. The first-order valence-corrected chi connectivity index (χ1v) is 9.99. The minimum atomic E-state index is -0.299. The number of rotatable bonds is 5. The van der Waals surface area contributed by atoms with Crippen molar-refractivity contribution in [1.82, 2.24) is 15.2 Å². The van der Waals surface area contributed by atoms with Crippen molar-refractivity contribution in [3.05, 3.63) is 107 Å². The van der Waals surface area contributed by atoms with Crippen molar-refractivity contribution in [2.75, 3.05) is 6.54 Å². The minimum Gasteiger partial charge on any atom is -0.361 e. The van der Waals surface area contributed by atoms with Gasteiger partial charge in [0.2, 0.25) is 5.91 Å². The molecule has 5 heteroatoms. The van der Waals surface area contributed by atoms with E-state index in [1.165, 1.54) is 0 Å². The van der Waals surface area contributed by atoms with Gasteiger partial charge >= 0.3 is 0 Å². The van der Waals surface area contributed by atoms with E-state index in [2.05, 4.69) is 10.3 Å². The number of para-hydroxylation sites is 1. The highest BCUT2D eigenvalue weighted by molar-refractivity contribution is 6.02. The molecule has 0 radical (unpaired) electrons. The van der Waals surface area contributed by atoms with E-state index >= 15 is 0 Å². The zero-order chi connectivity index (χ0) is 20.5. The van der Waals surface area contributed by atoms with Crippen LogP contribution in [0.25, 0.3) is 10.9 Å². The van der Waals surface area contributed by atoms with Crippen LogP contribution in [-0.4, -0.2) is 28.2 Å². The topological polar surface area (TPSA) is 65.2 Å². The summed E-state index contributed by atoms with van der Waals surface area (Å²) in [5, 5.41) is 3.99. The van der Waals surface area contributed by atoms with Crippen molar-refractivity contribution in [2.45, 2.75) is 12.6 Å². The average Bonchev–Trinajstić information content (AvgIpc) is 3.32. The van der Waals surface area contributed by atoms with E-state index < -0.39 is 0 Å². The van der Waals surface area contributed by atoms with Crippen molar-refractivity contribution in [3.63, 3.8) is 0 Å². The Balaban J connectivity index is 1.45. The standard InChI is InChI=1S/C25H21N3O2/c29-23(27-14-17-8-2-1-3-9-17)16-28-24(19-11-4-5-12-20(19)25(28)30)21-15-26-22-13-7-6-10-18(21)22/h1-13,15,24,26H,14,16H2,(H,27,29)/t24-/m1/s1. The summed E-state index contributed by atoms with van der Waals surface area (Å²) in [6.07, 6.45) is 1.94. The van der Waals surface area contributed by atoms with Gasteiger partial charge in [-0.15, -0.1) is 0 Å². The monoisotopic (exact) mass is 395 g/mol. The summed E-state index contributed by atoms with van der Waals surface area (Å²) < 4.78 is 0. The third-order valence-electron chi connectivity index (χ3n) is 5.62. The lowest BCUT2D eigenvalue weighted by Gasteiger charge is -2.25. The van der Waals surface area contributed by atoms with Crippen molar-refractivity contribution in [1.29, 1.82) is 0 Å². The molecular weight excluding hydrogens is 374 g/mol. The number of hydrogen-bond acceptors (Lipinski definition) is 2. The lowest BCUT2D eigenvalue weighted by Crippen LogP contribution is -2.39. The number of amides is 2. The van der Waals surface area contributed by atoms with E-state index in [4.69, 9.17) is 0 Å². The number of benzene rings is 3. The van der Waals surface area contributed by atoms with Gasteiger partial charge in [-0.05, 0) is 23.3 Å². The molecule has 0 bridgehead atoms. The molecule has 0 aliphatic carbocycles. The number of nitrogens with zero attached hydrogens (tertiary/aromatic N) is 1. The summed E-state index contributed by atoms with van der Waals surface area (Å²) in [4.78, 5) is 30.9. The number of fused-ring (bicyclic) bond motifs is 2. The highest BCUT2D eigenvalue weighted by Gasteiger charge is 2.39. The lowest BCUT2D eigenvalue weighted by molar-refractivity contribution is -0.122. The summed E-state index contributed by atoms with van der Waals surface area (Å²) in [6, 6.07) is 25.1. The van der Waals surface area contributed by atoms with E-state index in [1.54, 1.807) is 4.90 Å². The molecule has 148 valence electrons. The normalized spacial score (nSPS) is 15.4. The molecular formula is C25H21N3O2. The molecule has 1 atom stereocenters. The third-order valence-corrected chi connectivity index (χ3v) is 5.62. The highest BCUT2D eigenvalue weighted by atomic mass is 16.2. The van der Waals surface area contributed by atoms with Crippen molar-refractivity contribution < 1.29 is 9.59 Å². The fraction of sp³-hybridized carbons (Fsp3) is 0.120. The summed E-state index contributed by atoms with van der Waals surface area (Å²) in [7, 11) is 0. The molecule has 2 heterocycles. The molecule has 0 unspecified atom stereocenters. The molecule has 0 fully saturated rings. The number of aromatic amines is 1. The number of carbonyl (C=O) groups is 2. The van der Waals surface area contributed by atoms with Gasteiger partial charge in [-0.1, -0.05) is 66.7 Å². The first-order chi connectivity index (χ1) is 14.7. The zero-order valence-electron chi connectivity index (χ0n) is 16.3. The number of hydrogen-bond donors (Lipinski definition) is 2. The Kier molecular flexibility index (Phi) is 4.56. The second-order valence-electron chi connectivity index (χ2n) is 7.47. The van der Waals surface area contributed by atoms with Crippen LogP contribution in [0.2, 0.25) is 0 Å². The summed E-state index contributed by atoms with van der Waals surface area (Å²) >= 11 is 0. The lowest BCUT2D eigenvalue weighted by atomic mass is 9.97. The number of aromatic nitrogens is 1. The van der Waals surface area contributed by atoms with Crippen molar-refractivity contribution in [2.24, 2.45) is 0 Å². The first kappa shape index (κ1) is 18.2. The maximum absolute atomic E-state index is 13.2.